The molecule has 0 radical (unpaired) electrons. The Morgan fingerprint density at radius 2 is 1.93 bits per heavy atom. The third-order valence-electron chi connectivity index (χ3n) is 2.12. The van der Waals surface area contributed by atoms with Gasteiger partial charge in [0.05, 0.1) is 12.1 Å². The van der Waals surface area contributed by atoms with E-state index in [0.717, 1.165) is 0 Å². The van der Waals surface area contributed by atoms with Gasteiger partial charge < -0.3 is 10.4 Å². The summed E-state index contributed by atoms with van der Waals surface area (Å²) in [5.74, 6) is -6.80. The second-order valence-electron chi connectivity index (χ2n) is 3.45. The largest absolute Gasteiger partial charge is 0.394 e. The first kappa shape index (κ1) is 14.2. The highest BCUT2D eigenvalue weighted by Crippen LogP contribution is 2.24. The molecule has 0 saturated carbocycles. The average Bonchev–Trinajstić information content (AvgIpc) is 2.17. The monoisotopic (exact) mass is 231 g/mol. The van der Waals surface area contributed by atoms with Crippen LogP contribution in [-0.4, -0.2) is 35.5 Å². The fourth-order valence-electron chi connectivity index (χ4n) is 0.696. The number of rotatable bonds is 5. The van der Waals surface area contributed by atoms with Crippen molar-refractivity contribution in [1.82, 2.24) is 5.32 Å². The van der Waals surface area contributed by atoms with E-state index in [4.69, 9.17) is 5.11 Å². The number of aliphatic hydroxyl groups is 1. The number of nitrogens with one attached hydrogen (secondary N) is 1. The molecule has 0 aromatic carbocycles. The molecule has 0 spiro atoms. The summed E-state index contributed by atoms with van der Waals surface area (Å²) in [6, 6.07) is 0. The second-order valence-corrected chi connectivity index (χ2v) is 3.45. The zero-order chi connectivity index (χ0) is 12.3. The fourth-order valence-corrected chi connectivity index (χ4v) is 0.696. The fraction of sp³-hybridized carbons (Fsp3) is 0.875. The lowest BCUT2D eigenvalue weighted by molar-refractivity contribution is -0.171. The van der Waals surface area contributed by atoms with Crippen molar-refractivity contribution in [2.45, 2.75) is 38.2 Å². The van der Waals surface area contributed by atoms with E-state index in [1.54, 1.807) is 5.32 Å². The summed E-state index contributed by atoms with van der Waals surface area (Å²) in [6.07, 6.45) is -3.91. The molecule has 2 N–H and O–H groups in total. The van der Waals surface area contributed by atoms with Crippen molar-refractivity contribution >= 4 is 5.91 Å². The zero-order valence-corrected chi connectivity index (χ0v) is 8.36. The Kier molecular flexibility index (Phi) is 4.51. The second kappa shape index (κ2) is 4.78. The zero-order valence-electron chi connectivity index (χ0n) is 8.36. The summed E-state index contributed by atoms with van der Waals surface area (Å²) in [4.78, 5) is 10.8. The van der Waals surface area contributed by atoms with Crippen LogP contribution in [0.1, 0.15) is 20.3 Å². The van der Waals surface area contributed by atoms with Gasteiger partial charge in [-0.2, -0.15) is 8.78 Å². The maximum Gasteiger partial charge on any atom is 0.383 e. The van der Waals surface area contributed by atoms with Gasteiger partial charge >= 0.3 is 12.3 Å². The third kappa shape index (κ3) is 3.33. The Labute approximate surface area is 84.5 Å². The summed E-state index contributed by atoms with van der Waals surface area (Å²) in [5, 5.41) is 10.5. The molecule has 90 valence electrons. The van der Waals surface area contributed by atoms with Gasteiger partial charge in [0, 0.05) is 0 Å². The van der Waals surface area contributed by atoms with Crippen LogP contribution in [0.4, 0.5) is 17.6 Å². The molecule has 0 fully saturated rings. The molecule has 0 saturated heterocycles. The minimum Gasteiger partial charge on any atom is -0.394 e. The van der Waals surface area contributed by atoms with E-state index in [-0.39, 0.29) is 6.42 Å². The Morgan fingerprint density at radius 3 is 2.20 bits per heavy atom. The Bertz CT molecular complexity index is 229. The van der Waals surface area contributed by atoms with Crippen LogP contribution in [0.25, 0.3) is 0 Å². The molecule has 1 atom stereocenters. The highest BCUT2D eigenvalue weighted by Gasteiger charge is 2.50. The average molecular weight is 231 g/mol. The molecule has 0 aromatic heterocycles. The summed E-state index contributed by atoms with van der Waals surface area (Å²) >= 11 is 0. The van der Waals surface area contributed by atoms with Gasteiger partial charge in [0.15, 0.2) is 0 Å². The molecule has 1 unspecified atom stereocenters. The number of amides is 1. The van der Waals surface area contributed by atoms with Crippen LogP contribution in [0.3, 0.4) is 0 Å². The van der Waals surface area contributed by atoms with Gasteiger partial charge in [-0.25, -0.2) is 8.78 Å². The molecular formula is C8H13F4NO2. The van der Waals surface area contributed by atoms with E-state index in [2.05, 4.69) is 0 Å². The molecule has 0 aliphatic rings. The van der Waals surface area contributed by atoms with Gasteiger partial charge in [-0.15, -0.1) is 0 Å². The molecule has 3 nitrogen and oxygen atoms in total. The maximum atomic E-state index is 12.5. The van der Waals surface area contributed by atoms with Crippen molar-refractivity contribution in [2.24, 2.45) is 0 Å². The Balaban J connectivity index is 4.62. The van der Waals surface area contributed by atoms with Crippen LogP contribution in [0.15, 0.2) is 0 Å². The van der Waals surface area contributed by atoms with Crippen molar-refractivity contribution < 1.29 is 27.5 Å². The molecule has 1 amide bonds. The van der Waals surface area contributed by atoms with Gasteiger partial charge in [-0.1, -0.05) is 6.92 Å². The maximum absolute atomic E-state index is 12.5. The molecule has 0 rings (SSSR count). The molecule has 0 heterocycles. The lowest BCUT2D eigenvalue weighted by Crippen LogP contribution is -2.55. The number of aliphatic hydroxyl groups excluding tert-OH is 1. The molecule has 7 heteroatoms. The lowest BCUT2D eigenvalue weighted by Gasteiger charge is -2.29. The van der Waals surface area contributed by atoms with E-state index >= 15 is 0 Å². The van der Waals surface area contributed by atoms with Crippen molar-refractivity contribution in [1.29, 1.82) is 0 Å². The third-order valence-corrected chi connectivity index (χ3v) is 2.12. The van der Waals surface area contributed by atoms with E-state index < -0.39 is 30.4 Å². The molecule has 15 heavy (non-hydrogen) atoms. The molecule has 0 aliphatic carbocycles. The summed E-state index contributed by atoms with van der Waals surface area (Å²) in [7, 11) is 0. The number of alkyl halides is 4. The van der Waals surface area contributed by atoms with Crippen LogP contribution in [0, 0.1) is 0 Å². The first-order valence-corrected chi connectivity index (χ1v) is 4.29. The predicted octanol–water partition coefficient (Wildman–Crippen LogP) is 1.16. The standard InChI is InChI=1S/C8H13F4NO2/c1-3-7(2,4-14)13-6(15)8(11,12)5(9)10/h5,14H,3-4H2,1-2H3,(H,13,15). The van der Waals surface area contributed by atoms with E-state index in [1.165, 1.54) is 13.8 Å². The van der Waals surface area contributed by atoms with Crippen molar-refractivity contribution in [3.63, 3.8) is 0 Å². The quantitative estimate of drug-likeness (QED) is 0.698. The SMILES string of the molecule is CCC(C)(CO)NC(=O)C(F)(F)C(F)F. The molecule has 0 aliphatic heterocycles. The van der Waals surface area contributed by atoms with Gasteiger partial charge in [0.1, 0.15) is 0 Å². The van der Waals surface area contributed by atoms with Crippen LogP contribution in [0.5, 0.6) is 0 Å². The van der Waals surface area contributed by atoms with Crippen LogP contribution >= 0.6 is 0 Å². The highest BCUT2D eigenvalue weighted by atomic mass is 19.3. The van der Waals surface area contributed by atoms with E-state index in [9.17, 15) is 22.4 Å². The molecule has 0 bridgehead atoms. The Morgan fingerprint density at radius 1 is 1.47 bits per heavy atom. The highest BCUT2D eigenvalue weighted by molar-refractivity contribution is 5.84. The minimum atomic E-state index is -4.73. The van der Waals surface area contributed by atoms with Crippen molar-refractivity contribution in [3.8, 4) is 0 Å². The number of halogens is 4. The van der Waals surface area contributed by atoms with Crippen LogP contribution in [0.2, 0.25) is 0 Å². The topological polar surface area (TPSA) is 49.3 Å². The van der Waals surface area contributed by atoms with Gasteiger partial charge in [-0.05, 0) is 13.3 Å². The normalized spacial score (nSPS) is 16.3. The van der Waals surface area contributed by atoms with Crippen molar-refractivity contribution in [3.05, 3.63) is 0 Å². The van der Waals surface area contributed by atoms with Gasteiger partial charge in [-0.3, -0.25) is 4.79 Å². The summed E-state index contributed by atoms with van der Waals surface area (Å²) in [5.41, 5.74) is -1.31. The number of hydrogen-bond donors (Lipinski definition) is 2. The Hall–Kier alpha value is -0.850. The lowest BCUT2D eigenvalue weighted by atomic mass is 10.00. The first-order chi connectivity index (χ1) is 6.69. The van der Waals surface area contributed by atoms with Gasteiger partial charge in [0.25, 0.3) is 5.91 Å². The van der Waals surface area contributed by atoms with E-state index in [0.29, 0.717) is 0 Å². The number of hydrogen-bond acceptors (Lipinski definition) is 2. The van der Waals surface area contributed by atoms with Crippen molar-refractivity contribution in [2.75, 3.05) is 6.61 Å². The number of carbonyl (C=O) groups is 1. The van der Waals surface area contributed by atoms with Crippen LogP contribution in [-0.2, 0) is 4.79 Å². The molecule has 0 aromatic rings. The first-order valence-electron chi connectivity index (χ1n) is 4.29. The minimum absolute atomic E-state index is 0.147. The smallest absolute Gasteiger partial charge is 0.383 e. The van der Waals surface area contributed by atoms with Gasteiger partial charge in [0.2, 0.25) is 0 Å². The number of carbonyl (C=O) groups excluding carboxylic acids is 1. The molecular weight excluding hydrogens is 218 g/mol. The summed E-state index contributed by atoms with van der Waals surface area (Å²) < 4.78 is 48.5. The summed E-state index contributed by atoms with van der Waals surface area (Å²) in [6.45, 7) is 2.21. The van der Waals surface area contributed by atoms with E-state index in [1.807, 2.05) is 0 Å². The van der Waals surface area contributed by atoms with Crippen LogP contribution < -0.4 is 5.32 Å². The predicted molar refractivity (Wildman–Crippen MR) is 44.9 cm³/mol.